The largest absolute Gasteiger partial charge is 0.334 e. The van der Waals surface area contributed by atoms with Crippen molar-refractivity contribution in [1.29, 1.82) is 0 Å². The first-order valence-electron chi connectivity index (χ1n) is 4.65. The maximum Gasteiger partial charge on any atom is 0.246 e. The number of allylic oxidation sites excluding steroid dienone is 1. The Balaban J connectivity index is 2.47. The highest BCUT2D eigenvalue weighted by Crippen LogP contribution is 2.24. The van der Waals surface area contributed by atoms with Crippen LogP contribution in [-0.2, 0) is 4.79 Å². The summed E-state index contributed by atoms with van der Waals surface area (Å²) in [5, 5.41) is 0. The van der Waals surface area contributed by atoms with E-state index in [1.54, 1.807) is 6.08 Å². The van der Waals surface area contributed by atoms with Crippen LogP contribution in [0.5, 0.6) is 0 Å². The summed E-state index contributed by atoms with van der Waals surface area (Å²) < 4.78 is 0. The van der Waals surface area contributed by atoms with Gasteiger partial charge in [0, 0.05) is 12.1 Å². The summed E-state index contributed by atoms with van der Waals surface area (Å²) in [6.45, 7) is 6.22. The van der Waals surface area contributed by atoms with Gasteiger partial charge in [0.25, 0.3) is 0 Å². The van der Waals surface area contributed by atoms with Crippen molar-refractivity contribution in [3.8, 4) is 0 Å². The molecule has 1 saturated heterocycles. The summed E-state index contributed by atoms with van der Waals surface area (Å²) in [6, 6.07) is 0.878. The monoisotopic (exact) mass is 167 g/mol. The molecular formula is C10H17NO. The fourth-order valence-electron chi connectivity index (χ4n) is 1.76. The van der Waals surface area contributed by atoms with E-state index in [1.165, 1.54) is 0 Å². The average molecular weight is 167 g/mol. The van der Waals surface area contributed by atoms with Gasteiger partial charge in [0.2, 0.25) is 5.91 Å². The number of hydrogen-bond donors (Lipinski definition) is 0. The van der Waals surface area contributed by atoms with Gasteiger partial charge in [-0.25, -0.2) is 0 Å². The van der Waals surface area contributed by atoms with Gasteiger partial charge in [-0.3, -0.25) is 4.79 Å². The van der Waals surface area contributed by atoms with Crippen LogP contribution in [0.15, 0.2) is 12.2 Å². The number of rotatable bonds is 2. The Bertz CT molecular complexity index is 190. The molecule has 0 aliphatic carbocycles. The van der Waals surface area contributed by atoms with E-state index in [0.29, 0.717) is 12.1 Å². The van der Waals surface area contributed by atoms with E-state index in [-0.39, 0.29) is 5.91 Å². The lowest BCUT2D eigenvalue weighted by Crippen LogP contribution is -2.55. The molecular weight excluding hydrogens is 150 g/mol. The minimum absolute atomic E-state index is 0.170. The van der Waals surface area contributed by atoms with Gasteiger partial charge in [-0.2, -0.15) is 0 Å². The maximum atomic E-state index is 11.4. The van der Waals surface area contributed by atoms with E-state index < -0.39 is 0 Å². The standard InChI is InChI=1S/C10H17NO/c1-4-5-6-10(12)11-8(2)7-9(11)3/h5-6,8-9H,4,7H2,1-3H3/b6-5+. The van der Waals surface area contributed by atoms with Crippen molar-refractivity contribution in [3.63, 3.8) is 0 Å². The van der Waals surface area contributed by atoms with Crippen LogP contribution in [0.1, 0.15) is 33.6 Å². The van der Waals surface area contributed by atoms with Crippen molar-refractivity contribution in [2.45, 2.75) is 45.7 Å². The Morgan fingerprint density at radius 2 is 2.08 bits per heavy atom. The van der Waals surface area contributed by atoms with Gasteiger partial charge in [-0.05, 0) is 32.8 Å². The molecule has 2 atom stereocenters. The Hall–Kier alpha value is -0.790. The van der Waals surface area contributed by atoms with Crippen molar-refractivity contribution in [2.75, 3.05) is 0 Å². The summed E-state index contributed by atoms with van der Waals surface area (Å²) >= 11 is 0. The zero-order valence-electron chi connectivity index (χ0n) is 8.08. The van der Waals surface area contributed by atoms with E-state index in [4.69, 9.17) is 0 Å². The molecule has 0 aromatic carbocycles. The summed E-state index contributed by atoms with van der Waals surface area (Å²) in [4.78, 5) is 13.4. The molecule has 0 spiro atoms. The Labute approximate surface area is 74.2 Å². The second-order valence-electron chi connectivity index (χ2n) is 3.49. The van der Waals surface area contributed by atoms with E-state index in [9.17, 15) is 4.79 Å². The topological polar surface area (TPSA) is 20.3 Å². The fraction of sp³-hybridized carbons (Fsp3) is 0.700. The lowest BCUT2D eigenvalue weighted by molar-refractivity contribution is -0.137. The van der Waals surface area contributed by atoms with Crippen molar-refractivity contribution in [2.24, 2.45) is 0 Å². The smallest absolute Gasteiger partial charge is 0.246 e. The molecule has 0 bridgehead atoms. The van der Waals surface area contributed by atoms with Crippen LogP contribution in [0.3, 0.4) is 0 Å². The number of carbonyl (C=O) groups is 1. The van der Waals surface area contributed by atoms with Gasteiger partial charge in [-0.15, -0.1) is 0 Å². The van der Waals surface area contributed by atoms with E-state index in [1.807, 2.05) is 17.9 Å². The van der Waals surface area contributed by atoms with Crippen LogP contribution in [0.4, 0.5) is 0 Å². The molecule has 0 aromatic rings. The first-order chi connectivity index (χ1) is 5.66. The number of carbonyl (C=O) groups excluding carboxylic acids is 1. The molecule has 2 nitrogen and oxygen atoms in total. The number of amides is 1. The zero-order valence-corrected chi connectivity index (χ0v) is 8.08. The highest BCUT2D eigenvalue weighted by Gasteiger charge is 2.33. The van der Waals surface area contributed by atoms with Crippen LogP contribution in [0.25, 0.3) is 0 Å². The summed E-state index contributed by atoms with van der Waals surface area (Å²) in [5.74, 6) is 0.170. The quantitative estimate of drug-likeness (QED) is 0.576. The third-order valence-electron chi connectivity index (χ3n) is 2.38. The van der Waals surface area contributed by atoms with Crippen LogP contribution in [0, 0.1) is 0 Å². The SMILES string of the molecule is CC/C=C/C(=O)N1C(C)CC1C. The summed E-state index contributed by atoms with van der Waals surface area (Å²) in [5.41, 5.74) is 0. The highest BCUT2D eigenvalue weighted by molar-refractivity contribution is 5.88. The molecule has 1 rings (SSSR count). The van der Waals surface area contributed by atoms with Crippen LogP contribution < -0.4 is 0 Å². The second kappa shape index (κ2) is 3.74. The van der Waals surface area contributed by atoms with Crippen LogP contribution in [-0.4, -0.2) is 22.9 Å². The molecule has 0 aromatic heterocycles. The van der Waals surface area contributed by atoms with Crippen molar-refractivity contribution in [3.05, 3.63) is 12.2 Å². The average Bonchev–Trinajstić information content (AvgIpc) is 2.00. The lowest BCUT2D eigenvalue weighted by atomic mass is 9.95. The third-order valence-corrected chi connectivity index (χ3v) is 2.38. The first-order valence-corrected chi connectivity index (χ1v) is 4.65. The Morgan fingerprint density at radius 1 is 1.50 bits per heavy atom. The molecule has 0 N–H and O–H groups in total. The lowest BCUT2D eigenvalue weighted by Gasteiger charge is -2.44. The predicted molar refractivity (Wildman–Crippen MR) is 49.8 cm³/mol. The van der Waals surface area contributed by atoms with Crippen LogP contribution in [0.2, 0.25) is 0 Å². The molecule has 1 heterocycles. The molecule has 2 heteroatoms. The molecule has 1 fully saturated rings. The minimum atomic E-state index is 0.170. The Morgan fingerprint density at radius 3 is 2.50 bits per heavy atom. The molecule has 0 radical (unpaired) electrons. The maximum absolute atomic E-state index is 11.4. The molecule has 1 aliphatic heterocycles. The van der Waals surface area contributed by atoms with Gasteiger partial charge in [0.05, 0.1) is 0 Å². The van der Waals surface area contributed by atoms with Crippen molar-refractivity contribution in [1.82, 2.24) is 4.90 Å². The van der Waals surface area contributed by atoms with Crippen molar-refractivity contribution < 1.29 is 4.79 Å². The molecule has 0 saturated carbocycles. The van der Waals surface area contributed by atoms with Gasteiger partial charge >= 0.3 is 0 Å². The van der Waals surface area contributed by atoms with E-state index >= 15 is 0 Å². The summed E-state index contributed by atoms with van der Waals surface area (Å²) in [7, 11) is 0. The predicted octanol–water partition coefficient (Wildman–Crippen LogP) is 1.96. The van der Waals surface area contributed by atoms with Gasteiger partial charge in [0.15, 0.2) is 0 Å². The second-order valence-corrected chi connectivity index (χ2v) is 3.49. The van der Waals surface area contributed by atoms with Gasteiger partial charge in [0.1, 0.15) is 0 Å². The molecule has 2 unspecified atom stereocenters. The normalized spacial score (nSPS) is 29.1. The van der Waals surface area contributed by atoms with E-state index in [0.717, 1.165) is 12.8 Å². The zero-order chi connectivity index (χ0) is 9.14. The van der Waals surface area contributed by atoms with Crippen molar-refractivity contribution >= 4 is 5.91 Å². The minimum Gasteiger partial charge on any atom is -0.334 e. The number of likely N-dealkylation sites (tertiary alicyclic amines) is 1. The van der Waals surface area contributed by atoms with Gasteiger partial charge in [-0.1, -0.05) is 13.0 Å². The Kier molecular flexibility index (Phi) is 2.90. The molecule has 1 amide bonds. The number of hydrogen-bond acceptors (Lipinski definition) is 1. The molecule has 1 aliphatic rings. The van der Waals surface area contributed by atoms with E-state index in [2.05, 4.69) is 13.8 Å². The first kappa shape index (κ1) is 9.30. The third kappa shape index (κ3) is 1.68. The fourth-order valence-corrected chi connectivity index (χ4v) is 1.76. The van der Waals surface area contributed by atoms with Gasteiger partial charge < -0.3 is 4.90 Å². The number of nitrogens with zero attached hydrogens (tertiary/aromatic N) is 1. The highest BCUT2D eigenvalue weighted by atomic mass is 16.2. The molecule has 12 heavy (non-hydrogen) atoms. The van der Waals surface area contributed by atoms with Crippen LogP contribution >= 0.6 is 0 Å². The summed E-state index contributed by atoms with van der Waals surface area (Å²) in [6.07, 6.45) is 5.68. The molecule has 68 valence electrons.